The Morgan fingerprint density at radius 3 is 2.74 bits per heavy atom. The molecule has 2 rings (SSSR count). The van der Waals surface area contributed by atoms with E-state index in [0.29, 0.717) is 13.1 Å². The van der Waals surface area contributed by atoms with Crippen LogP contribution in [0.4, 0.5) is 4.39 Å². The van der Waals surface area contributed by atoms with E-state index in [1.165, 1.54) is 6.07 Å². The summed E-state index contributed by atoms with van der Waals surface area (Å²) in [5.74, 6) is -0.629. The Morgan fingerprint density at radius 1 is 1.47 bits per heavy atom. The average molecular weight is 305 g/mol. The van der Waals surface area contributed by atoms with Crippen LogP contribution in [0.3, 0.4) is 0 Å². The number of amides is 1. The van der Waals surface area contributed by atoms with Gasteiger partial charge in [-0.15, -0.1) is 0 Å². The van der Waals surface area contributed by atoms with E-state index in [1.807, 2.05) is 6.92 Å². The molecule has 2 N–H and O–H groups in total. The molecule has 0 bridgehead atoms. The molecule has 1 fully saturated rings. The van der Waals surface area contributed by atoms with Gasteiger partial charge in [0.1, 0.15) is 5.82 Å². The average Bonchev–Trinajstić information content (AvgIpc) is 2.74. The molecule has 104 valence electrons. The fourth-order valence-electron chi connectivity index (χ4n) is 2.44. The topological polar surface area (TPSA) is 46.3 Å². The Bertz CT molecular complexity index is 510. The lowest BCUT2D eigenvalue weighted by Crippen LogP contribution is -2.34. The summed E-state index contributed by atoms with van der Waals surface area (Å²) in [7, 11) is 0. The quantitative estimate of drug-likeness (QED) is 0.854. The molecule has 1 amide bonds. The second-order valence-electron chi connectivity index (χ2n) is 4.89. The van der Waals surface area contributed by atoms with Crippen LogP contribution in [-0.4, -0.2) is 29.9 Å². The molecule has 2 unspecified atom stereocenters. The van der Waals surface area contributed by atoms with Gasteiger partial charge in [-0.25, -0.2) is 4.39 Å². The van der Waals surface area contributed by atoms with Crippen LogP contribution in [0, 0.1) is 11.7 Å². The number of benzene rings is 1. The second-order valence-corrected chi connectivity index (χ2v) is 5.70. The van der Waals surface area contributed by atoms with Crippen molar-refractivity contribution in [2.45, 2.75) is 19.4 Å². The number of carbonyl (C=O) groups excluding carboxylic acids is 1. The SMILES string of the molecule is CC1CC(CN)CN1C(=O)c1cc(F)c(Cl)cc1Cl. The van der Waals surface area contributed by atoms with Crippen LogP contribution in [0.15, 0.2) is 12.1 Å². The van der Waals surface area contributed by atoms with Crippen molar-refractivity contribution in [3.8, 4) is 0 Å². The molecule has 1 aliphatic rings. The first kappa shape index (κ1) is 14.6. The number of nitrogens with two attached hydrogens (primary N) is 1. The molecule has 2 atom stereocenters. The molecular weight excluding hydrogens is 290 g/mol. The van der Waals surface area contributed by atoms with E-state index in [9.17, 15) is 9.18 Å². The van der Waals surface area contributed by atoms with Gasteiger partial charge in [-0.2, -0.15) is 0 Å². The van der Waals surface area contributed by atoms with Gasteiger partial charge in [0, 0.05) is 12.6 Å². The van der Waals surface area contributed by atoms with Crippen molar-refractivity contribution in [2.24, 2.45) is 11.7 Å². The number of hydrogen-bond acceptors (Lipinski definition) is 2. The first-order valence-electron chi connectivity index (χ1n) is 6.09. The highest BCUT2D eigenvalue weighted by atomic mass is 35.5. The molecule has 0 aliphatic carbocycles. The number of nitrogens with zero attached hydrogens (tertiary/aromatic N) is 1. The molecule has 0 saturated carbocycles. The van der Waals surface area contributed by atoms with E-state index in [0.717, 1.165) is 12.5 Å². The first-order chi connectivity index (χ1) is 8.93. The van der Waals surface area contributed by atoms with E-state index in [4.69, 9.17) is 28.9 Å². The predicted octanol–water partition coefficient (Wildman–Crippen LogP) is 2.94. The molecule has 1 aromatic rings. The fourth-order valence-corrected chi connectivity index (χ4v) is 2.90. The molecule has 0 aromatic heterocycles. The predicted molar refractivity (Wildman–Crippen MR) is 74.1 cm³/mol. The van der Waals surface area contributed by atoms with Crippen LogP contribution >= 0.6 is 23.2 Å². The summed E-state index contributed by atoms with van der Waals surface area (Å²) in [6.07, 6.45) is 0.857. The lowest BCUT2D eigenvalue weighted by molar-refractivity contribution is 0.0743. The van der Waals surface area contributed by atoms with Crippen molar-refractivity contribution in [1.82, 2.24) is 4.90 Å². The minimum Gasteiger partial charge on any atom is -0.336 e. The highest BCUT2D eigenvalue weighted by Crippen LogP contribution is 2.29. The van der Waals surface area contributed by atoms with E-state index >= 15 is 0 Å². The summed E-state index contributed by atoms with van der Waals surface area (Å²) in [4.78, 5) is 14.1. The highest BCUT2D eigenvalue weighted by molar-refractivity contribution is 6.36. The van der Waals surface area contributed by atoms with E-state index < -0.39 is 5.82 Å². The van der Waals surface area contributed by atoms with Crippen LogP contribution in [0.2, 0.25) is 10.0 Å². The molecule has 3 nitrogen and oxygen atoms in total. The van der Waals surface area contributed by atoms with Crippen molar-refractivity contribution in [3.05, 3.63) is 33.6 Å². The summed E-state index contributed by atoms with van der Waals surface area (Å²) in [6.45, 7) is 3.07. The Labute approximate surface area is 121 Å². The van der Waals surface area contributed by atoms with Gasteiger partial charge in [0.15, 0.2) is 0 Å². The molecule has 1 heterocycles. The zero-order valence-corrected chi connectivity index (χ0v) is 12.0. The van der Waals surface area contributed by atoms with Gasteiger partial charge in [0.05, 0.1) is 15.6 Å². The molecule has 1 saturated heterocycles. The van der Waals surface area contributed by atoms with Crippen molar-refractivity contribution in [1.29, 1.82) is 0 Å². The molecule has 1 aromatic carbocycles. The summed E-state index contributed by atoms with van der Waals surface area (Å²) in [5.41, 5.74) is 5.78. The summed E-state index contributed by atoms with van der Waals surface area (Å²) in [6, 6.07) is 2.43. The molecule has 0 spiro atoms. The maximum absolute atomic E-state index is 13.5. The van der Waals surface area contributed by atoms with Gasteiger partial charge in [-0.1, -0.05) is 23.2 Å². The van der Waals surface area contributed by atoms with E-state index in [-0.39, 0.29) is 33.5 Å². The van der Waals surface area contributed by atoms with Gasteiger partial charge >= 0.3 is 0 Å². The Kier molecular flexibility index (Phi) is 4.33. The Hall–Kier alpha value is -0.840. The second kappa shape index (κ2) is 5.65. The highest BCUT2D eigenvalue weighted by Gasteiger charge is 2.33. The summed E-state index contributed by atoms with van der Waals surface area (Å²) >= 11 is 11.6. The maximum Gasteiger partial charge on any atom is 0.255 e. The number of likely N-dealkylation sites (tertiary alicyclic amines) is 1. The minimum atomic E-state index is -0.642. The minimum absolute atomic E-state index is 0.0795. The van der Waals surface area contributed by atoms with Crippen molar-refractivity contribution in [3.63, 3.8) is 0 Å². The van der Waals surface area contributed by atoms with Crippen molar-refractivity contribution in [2.75, 3.05) is 13.1 Å². The Balaban J connectivity index is 2.27. The van der Waals surface area contributed by atoms with Crippen LogP contribution in [-0.2, 0) is 0 Å². The van der Waals surface area contributed by atoms with Gasteiger partial charge in [0.25, 0.3) is 5.91 Å². The van der Waals surface area contributed by atoms with Crippen LogP contribution in [0.25, 0.3) is 0 Å². The molecule has 19 heavy (non-hydrogen) atoms. The van der Waals surface area contributed by atoms with Crippen molar-refractivity contribution >= 4 is 29.1 Å². The third-order valence-electron chi connectivity index (χ3n) is 3.50. The van der Waals surface area contributed by atoms with Gasteiger partial charge in [-0.3, -0.25) is 4.79 Å². The lowest BCUT2D eigenvalue weighted by Gasteiger charge is -2.22. The van der Waals surface area contributed by atoms with E-state index in [1.54, 1.807) is 4.90 Å². The number of halogens is 3. The zero-order valence-electron chi connectivity index (χ0n) is 10.5. The first-order valence-corrected chi connectivity index (χ1v) is 6.85. The number of carbonyl (C=O) groups is 1. The Morgan fingerprint density at radius 2 is 2.16 bits per heavy atom. The zero-order chi connectivity index (χ0) is 14.2. The molecular formula is C13H15Cl2FN2O. The lowest BCUT2D eigenvalue weighted by atomic mass is 10.1. The van der Waals surface area contributed by atoms with Crippen LogP contribution < -0.4 is 5.73 Å². The van der Waals surface area contributed by atoms with E-state index in [2.05, 4.69) is 0 Å². The smallest absolute Gasteiger partial charge is 0.255 e. The third-order valence-corrected chi connectivity index (χ3v) is 4.10. The number of hydrogen-bond donors (Lipinski definition) is 1. The normalized spacial score (nSPS) is 22.9. The summed E-state index contributed by atoms with van der Waals surface area (Å²) < 4.78 is 13.5. The van der Waals surface area contributed by atoms with Gasteiger partial charge < -0.3 is 10.6 Å². The monoisotopic (exact) mass is 304 g/mol. The van der Waals surface area contributed by atoms with Gasteiger partial charge in [0.2, 0.25) is 0 Å². The molecule has 6 heteroatoms. The standard InChI is InChI=1S/C13H15Cl2FN2O/c1-7-2-8(5-17)6-18(7)13(19)9-3-12(16)11(15)4-10(9)14/h3-4,7-8H,2,5-6,17H2,1H3. The van der Waals surface area contributed by atoms with Crippen LogP contribution in [0.1, 0.15) is 23.7 Å². The maximum atomic E-state index is 13.5. The third kappa shape index (κ3) is 2.86. The molecule has 1 aliphatic heterocycles. The molecule has 0 radical (unpaired) electrons. The summed E-state index contributed by atoms with van der Waals surface area (Å²) in [5, 5.41) is 0.0793. The van der Waals surface area contributed by atoms with Crippen LogP contribution in [0.5, 0.6) is 0 Å². The largest absolute Gasteiger partial charge is 0.336 e. The number of rotatable bonds is 2. The van der Waals surface area contributed by atoms with Gasteiger partial charge in [-0.05, 0) is 37.9 Å². The fraction of sp³-hybridized carbons (Fsp3) is 0.462. The van der Waals surface area contributed by atoms with Crippen molar-refractivity contribution < 1.29 is 9.18 Å².